The lowest BCUT2D eigenvalue weighted by atomic mass is 10.2. The van der Waals surface area contributed by atoms with Gasteiger partial charge in [-0.15, -0.1) is 0 Å². The van der Waals surface area contributed by atoms with Gasteiger partial charge >= 0.3 is 0 Å². The van der Waals surface area contributed by atoms with Crippen molar-refractivity contribution in [2.45, 2.75) is 13.0 Å². The van der Waals surface area contributed by atoms with E-state index in [2.05, 4.69) is 25.5 Å². The summed E-state index contributed by atoms with van der Waals surface area (Å²) in [5.41, 5.74) is 0.336. The van der Waals surface area contributed by atoms with E-state index in [9.17, 15) is 9.59 Å². The van der Waals surface area contributed by atoms with Crippen LogP contribution in [0.1, 0.15) is 13.0 Å². The van der Waals surface area contributed by atoms with Crippen molar-refractivity contribution >= 4 is 22.8 Å². The van der Waals surface area contributed by atoms with Gasteiger partial charge in [0.05, 0.1) is 17.2 Å². The number of aromatic nitrogens is 5. The molecule has 0 bridgehead atoms. The number of carbonyl (C=O) groups is 1. The van der Waals surface area contributed by atoms with Gasteiger partial charge in [0.15, 0.2) is 0 Å². The molecule has 0 spiro atoms. The van der Waals surface area contributed by atoms with Crippen LogP contribution in [0.2, 0.25) is 0 Å². The van der Waals surface area contributed by atoms with Crippen molar-refractivity contribution in [1.29, 1.82) is 0 Å². The lowest BCUT2D eigenvalue weighted by Crippen LogP contribution is -2.32. The number of anilines is 1. The summed E-state index contributed by atoms with van der Waals surface area (Å²) in [4.78, 5) is 32.5. The molecule has 0 saturated heterocycles. The highest BCUT2D eigenvalue weighted by molar-refractivity contribution is 5.92. The van der Waals surface area contributed by atoms with E-state index in [0.717, 1.165) is 0 Å². The predicted molar refractivity (Wildman–Crippen MR) is 75.7 cm³/mol. The summed E-state index contributed by atoms with van der Waals surface area (Å²) in [7, 11) is 0. The molecule has 1 aromatic carbocycles. The molecule has 0 saturated carbocycles. The molecule has 8 heteroatoms. The molecular formula is C13H12N6O2. The lowest BCUT2D eigenvalue weighted by molar-refractivity contribution is -0.118. The topological polar surface area (TPSA) is 106 Å². The van der Waals surface area contributed by atoms with E-state index in [0.29, 0.717) is 10.9 Å². The molecule has 0 radical (unpaired) electrons. The molecule has 1 amide bonds. The maximum Gasteiger partial charge on any atom is 0.261 e. The van der Waals surface area contributed by atoms with Gasteiger partial charge in [0, 0.05) is 0 Å². The van der Waals surface area contributed by atoms with Gasteiger partial charge < -0.3 is 0 Å². The molecule has 0 unspecified atom stereocenters. The second kappa shape index (κ2) is 5.16. The third kappa shape index (κ3) is 2.38. The fraction of sp³-hybridized carbons (Fsp3) is 0.154. The Hall–Kier alpha value is -3.03. The van der Waals surface area contributed by atoms with Crippen LogP contribution in [0.15, 0.2) is 41.7 Å². The number of fused-ring (bicyclic) bond motifs is 1. The van der Waals surface area contributed by atoms with Crippen molar-refractivity contribution in [2.24, 2.45) is 0 Å². The summed E-state index contributed by atoms with van der Waals surface area (Å²) in [6.45, 7) is 1.61. The number of aromatic amines is 1. The van der Waals surface area contributed by atoms with Crippen molar-refractivity contribution in [2.75, 3.05) is 5.32 Å². The van der Waals surface area contributed by atoms with Crippen molar-refractivity contribution in [3.05, 3.63) is 47.3 Å². The van der Waals surface area contributed by atoms with Crippen LogP contribution >= 0.6 is 0 Å². The number of hydrogen-bond donors (Lipinski definition) is 2. The van der Waals surface area contributed by atoms with Gasteiger partial charge in [0.1, 0.15) is 12.4 Å². The summed E-state index contributed by atoms with van der Waals surface area (Å²) in [5.74, 6) is -0.153. The quantitative estimate of drug-likeness (QED) is 0.737. The highest BCUT2D eigenvalue weighted by Gasteiger charge is 2.18. The minimum absolute atomic E-state index is 0.230. The molecule has 8 nitrogen and oxygen atoms in total. The van der Waals surface area contributed by atoms with Crippen LogP contribution in [0, 0.1) is 0 Å². The average Bonchev–Trinajstić information content (AvgIpc) is 3.00. The lowest BCUT2D eigenvalue weighted by Gasteiger charge is -2.14. The van der Waals surface area contributed by atoms with Crippen molar-refractivity contribution in [3.63, 3.8) is 0 Å². The highest BCUT2D eigenvalue weighted by atomic mass is 16.2. The normalized spacial score (nSPS) is 12.2. The molecule has 21 heavy (non-hydrogen) atoms. The van der Waals surface area contributed by atoms with Crippen molar-refractivity contribution in [1.82, 2.24) is 24.7 Å². The van der Waals surface area contributed by atoms with Crippen LogP contribution < -0.4 is 10.9 Å². The smallest absolute Gasteiger partial charge is 0.261 e. The standard InChI is InChI=1S/C13H12N6O2/c1-8(11(20)17-13-14-6-16-18-13)19-7-15-10-5-3-2-4-9(10)12(19)21/h2-8H,1H3,(H2,14,16,17,18,20)/t8-/m1/s1. The molecule has 0 aliphatic heterocycles. The fourth-order valence-electron chi connectivity index (χ4n) is 1.97. The first kappa shape index (κ1) is 13.0. The molecule has 2 heterocycles. The first-order chi connectivity index (χ1) is 10.2. The molecule has 1 atom stereocenters. The number of benzene rings is 1. The molecule has 3 aromatic rings. The number of nitrogens with one attached hydrogen (secondary N) is 2. The van der Waals surface area contributed by atoms with Crippen LogP contribution in [-0.2, 0) is 4.79 Å². The maximum atomic E-state index is 12.4. The average molecular weight is 284 g/mol. The highest BCUT2D eigenvalue weighted by Crippen LogP contribution is 2.09. The van der Waals surface area contributed by atoms with E-state index in [4.69, 9.17) is 0 Å². The summed E-state index contributed by atoms with van der Waals surface area (Å²) >= 11 is 0. The number of carbonyl (C=O) groups excluding carboxylic acids is 1. The number of nitrogens with zero attached hydrogens (tertiary/aromatic N) is 4. The second-order valence-corrected chi connectivity index (χ2v) is 4.47. The maximum absolute atomic E-state index is 12.4. The third-order valence-electron chi connectivity index (χ3n) is 3.14. The summed E-state index contributed by atoms with van der Waals surface area (Å²) < 4.78 is 1.29. The van der Waals surface area contributed by atoms with Crippen LogP contribution in [0.3, 0.4) is 0 Å². The minimum atomic E-state index is -0.722. The van der Waals surface area contributed by atoms with E-state index in [1.54, 1.807) is 31.2 Å². The molecule has 0 fully saturated rings. The molecular weight excluding hydrogens is 272 g/mol. The molecule has 106 valence electrons. The zero-order valence-electron chi connectivity index (χ0n) is 11.1. The van der Waals surface area contributed by atoms with Crippen molar-refractivity contribution in [3.8, 4) is 0 Å². The third-order valence-corrected chi connectivity index (χ3v) is 3.14. The summed E-state index contributed by atoms with van der Waals surface area (Å²) in [6.07, 6.45) is 2.65. The zero-order valence-corrected chi connectivity index (χ0v) is 11.1. The Kier molecular flexibility index (Phi) is 3.19. The Labute approximate surface area is 118 Å². The summed E-state index contributed by atoms with van der Waals surface area (Å²) in [6, 6.07) is 6.27. The Morgan fingerprint density at radius 3 is 2.90 bits per heavy atom. The van der Waals surface area contributed by atoms with E-state index in [-0.39, 0.29) is 17.4 Å². The van der Waals surface area contributed by atoms with Gasteiger partial charge in [-0.3, -0.25) is 19.5 Å². The Morgan fingerprint density at radius 1 is 1.33 bits per heavy atom. The first-order valence-electron chi connectivity index (χ1n) is 6.29. The SMILES string of the molecule is C[C@H](C(=O)Nc1ncn[nH]1)n1cnc2ccccc2c1=O. The molecule has 0 aliphatic carbocycles. The number of H-pyrrole nitrogens is 1. The van der Waals surface area contributed by atoms with Crippen LogP contribution in [-0.4, -0.2) is 30.6 Å². The van der Waals surface area contributed by atoms with E-state index in [1.165, 1.54) is 17.2 Å². The predicted octanol–water partition coefficient (Wildman–Crippen LogP) is 0.714. The van der Waals surface area contributed by atoms with Crippen LogP contribution in [0.5, 0.6) is 0 Å². The number of amides is 1. The number of hydrogen-bond acceptors (Lipinski definition) is 5. The second-order valence-electron chi connectivity index (χ2n) is 4.47. The number of rotatable bonds is 3. The molecule has 2 aromatic heterocycles. The Balaban J connectivity index is 1.94. The minimum Gasteiger partial charge on any atom is -0.293 e. The van der Waals surface area contributed by atoms with E-state index < -0.39 is 6.04 Å². The van der Waals surface area contributed by atoms with E-state index in [1.807, 2.05) is 0 Å². The van der Waals surface area contributed by atoms with Crippen molar-refractivity contribution < 1.29 is 4.79 Å². The Bertz CT molecular complexity index is 839. The van der Waals surface area contributed by atoms with Gasteiger partial charge in [0.25, 0.3) is 5.56 Å². The number of para-hydroxylation sites is 1. The van der Waals surface area contributed by atoms with Gasteiger partial charge in [-0.2, -0.15) is 10.1 Å². The van der Waals surface area contributed by atoms with Crippen LogP contribution in [0.4, 0.5) is 5.95 Å². The van der Waals surface area contributed by atoms with Gasteiger partial charge in [-0.05, 0) is 19.1 Å². The Morgan fingerprint density at radius 2 is 2.14 bits per heavy atom. The van der Waals surface area contributed by atoms with Crippen LogP contribution in [0.25, 0.3) is 10.9 Å². The summed E-state index contributed by atoms with van der Waals surface area (Å²) in [5, 5.41) is 9.17. The van der Waals surface area contributed by atoms with E-state index >= 15 is 0 Å². The molecule has 2 N–H and O–H groups in total. The zero-order chi connectivity index (χ0) is 14.8. The van der Waals surface area contributed by atoms with Gasteiger partial charge in [-0.25, -0.2) is 10.1 Å². The molecule has 0 aliphatic rings. The van der Waals surface area contributed by atoms with Gasteiger partial charge in [-0.1, -0.05) is 12.1 Å². The first-order valence-corrected chi connectivity index (χ1v) is 6.29. The largest absolute Gasteiger partial charge is 0.293 e. The molecule has 3 rings (SSSR count). The fourth-order valence-corrected chi connectivity index (χ4v) is 1.97. The monoisotopic (exact) mass is 284 g/mol. The van der Waals surface area contributed by atoms with Gasteiger partial charge in [0.2, 0.25) is 11.9 Å².